The second-order valence-corrected chi connectivity index (χ2v) is 9.95. The molecule has 0 spiro atoms. The van der Waals surface area contributed by atoms with Gasteiger partial charge in [-0.2, -0.15) is 0 Å². The van der Waals surface area contributed by atoms with E-state index in [-0.39, 0.29) is 24.0 Å². The Morgan fingerprint density at radius 1 is 1.26 bits per heavy atom. The number of methoxy groups -OCH3 is 1. The normalized spacial score (nSPS) is 19.5. The molecule has 2 amide bonds. The molecule has 0 unspecified atom stereocenters. The maximum Gasteiger partial charge on any atom is 0.275 e. The molecule has 4 rings (SSSR count). The summed E-state index contributed by atoms with van der Waals surface area (Å²) in [6, 6.07) is 5.69. The first kappa shape index (κ1) is 25.6. The minimum absolute atomic E-state index is 0.0337. The van der Waals surface area contributed by atoms with Crippen LogP contribution in [0.4, 0.5) is 10.8 Å². The summed E-state index contributed by atoms with van der Waals surface area (Å²) in [6.45, 7) is 9.52. The lowest BCUT2D eigenvalue weighted by atomic mass is 10.1. The van der Waals surface area contributed by atoms with E-state index in [1.165, 1.54) is 11.3 Å². The fraction of sp³-hybridized carbons (Fsp3) is 0.560. The number of aromatic nitrogens is 1. The lowest BCUT2D eigenvalue weighted by Gasteiger charge is -2.27. The minimum Gasteiger partial charge on any atom is -0.380 e. The highest BCUT2D eigenvalue weighted by Gasteiger charge is 2.25. The number of hydrogen-bond donors (Lipinski definition) is 2. The molecule has 0 saturated carbocycles. The number of nitrogens with one attached hydrogen (secondary N) is 2. The zero-order valence-electron chi connectivity index (χ0n) is 20.7. The maximum absolute atomic E-state index is 13.1. The van der Waals surface area contributed by atoms with Gasteiger partial charge in [-0.15, -0.1) is 11.3 Å². The van der Waals surface area contributed by atoms with Gasteiger partial charge in [-0.3, -0.25) is 14.5 Å². The third-order valence-corrected chi connectivity index (χ3v) is 7.45. The quantitative estimate of drug-likeness (QED) is 0.545. The number of hydrogen-bond acceptors (Lipinski definition) is 8. The third-order valence-electron chi connectivity index (χ3n) is 6.55. The summed E-state index contributed by atoms with van der Waals surface area (Å²) in [5, 5.41) is 8.52. The first-order valence-corrected chi connectivity index (χ1v) is 13.1. The molecule has 0 radical (unpaired) electrons. The van der Waals surface area contributed by atoms with Crippen LogP contribution in [0.2, 0.25) is 0 Å². The fourth-order valence-corrected chi connectivity index (χ4v) is 5.04. The van der Waals surface area contributed by atoms with E-state index >= 15 is 0 Å². The van der Waals surface area contributed by atoms with Gasteiger partial charge in [-0.1, -0.05) is 13.0 Å². The van der Waals surface area contributed by atoms with Crippen molar-refractivity contribution < 1.29 is 19.1 Å². The van der Waals surface area contributed by atoms with E-state index in [0.29, 0.717) is 30.2 Å². The van der Waals surface area contributed by atoms with Crippen molar-refractivity contribution in [3.63, 3.8) is 0 Å². The molecule has 2 aromatic rings. The smallest absolute Gasteiger partial charge is 0.275 e. The first-order valence-electron chi connectivity index (χ1n) is 12.2. The Bertz CT molecular complexity index is 1020. The summed E-state index contributed by atoms with van der Waals surface area (Å²) < 4.78 is 10.9. The standard InChI is InChI=1S/C25H35N5O4S/c1-4-17(2)26-23(31)20-13-18(14-29-9-11-34-12-10-29)5-6-21(20)27-24(32)22-16-35-25(28-22)30-8-7-19(15-30)33-3/h5-6,13,16-17,19H,4,7-12,14-15H2,1-3H3,(H,26,31)(H,27,32)/t17-,19+/m1/s1. The molecule has 9 nitrogen and oxygen atoms in total. The number of anilines is 2. The Morgan fingerprint density at radius 2 is 2.06 bits per heavy atom. The molecule has 190 valence electrons. The number of morpholine rings is 1. The van der Waals surface area contributed by atoms with Crippen LogP contribution in [0.1, 0.15) is 53.1 Å². The van der Waals surface area contributed by atoms with Crippen molar-refractivity contribution in [1.82, 2.24) is 15.2 Å². The van der Waals surface area contributed by atoms with Crippen molar-refractivity contribution >= 4 is 34.0 Å². The second-order valence-electron chi connectivity index (χ2n) is 9.11. The van der Waals surface area contributed by atoms with Gasteiger partial charge < -0.3 is 25.0 Å². The Balaban J connectivity index is 1.50. The van der Waals surface area contributed by atoms with Crippen LogP contribution in [-0.2, 0) is 16.0 Å². The second kappa shape index (κ2) is 11.9. The summed E-state index contributed by atoms with van der Waals surface area (Å²) in [7, 11) is 1.72. The Morgan fingerprint density at radius 3 is 2.77 bits per heavy atom. The van der Waals surface area contributed by atoms with E-state index in [1.807, 2.05) is 32.0 Å². The van der Waals surface area contributed by atoms with Gasteiger partial charge in [0, 0.05) is 51.3 Å². The zero-order valence-corrected chi connectivity index (χ0v) is 21.5. The van der Waals surface area contributed by atoms with Crippen LogP contribution in [0.15, 0.2) is 23.6 Å². The number of thiazole rings is 1. The maximum atomic E-state index is 13.1. The summed E-state index contributed by atoms with van der Waals surface area (Å²) in [6.07, 6.45) is 1.96. The van der Waals surface area contributed by atoms with E-state index in [9.17, 15) is 9.59 Å². The number of ether oxygens (including phenoxy) is 2. The lowest BCUT2D eigenvalue weighted by molar-refractivity contribution is 0.0342. The molecule has 2 aliphatic rings. The molecule has 2 N–H and O–H groups in total. The number of amides is 2. The summed E-state index contributed by atoms with van der Waals surface area (Å²) in [5.74, 6) is -0.520. The predicted molar refractivity (Wildman–Crippen MR) is 137 cm³/mol. The van der Waals surface area contributed by atoms with E-state index < -0.39 is 0 Å². The van der Waals surface area contributed by atoms with E-state index in [1.54, 1.807) is 12.5 Å². The predicted octanol–water partition coefficient (Wildman–Crippen LogP) is 2.98. The molecule has 0 aliphatic carbocycles. The van der Waals surface area contributed by atoms with Gasteiger partial charge in [0.25, 0.3) is 11.8 Å². The number of carbonyl (C=O) groups excluding carboxylic acids is 2. The summed E-state index contributed by atoms with van der Waals surface area (Å²) >= 11 is 1.45. The van der Waals surface area contributed by atoms with Crippen LogP contribution < -0.4 is 15.5 Å². The van der Waals surface area contributed by atoms with Crippen LogP contribution in [0.5, 0.6) is 0 Å². The highest BCUT2D eigenvalue weighted by molar-refractivity contribution is 7.14. The molecule has 2 aliphatic heterocycles. The summed E-state index contributed by atoms with van der Waals surface area (Å²) in [5.41, 5.74) is 2.31. The van der Waals surface area contributed by atoms with Crippen LogP contribution >= 0.6 is 11.3 Å². The average molecular weight is 502 g/mol. The van der Waals surface area contributed by atoms with Crippen LogP contribution in [-0.4, -0.2) is 80.3 Å². The molecular weight excluding hydrogens is 466 g/mol. The van der Waals surface area contributed by atoms with E-state index in [0.717, 1.165) is 56.3 Å². The van der Waals surface area contributed by atoms with Gasteiger partial charge in [-0.05, 0) is 37.5 Å². The number of rotatable bonds is 9. The van der Waals surface area contributed by atoms with E-state index in [2.05, 4.69) is 25.4 Å². The van der Waals surface area contributed by atoms with Crippen molar-refractivity contribution in [2.24, 2.45) is 0 Å². The van der Waals surface area contributed by atoms with Crippen molar-refractivity contribution in [2.45, 2.75) is 45.4 Å². The van der Waals surface area contributed by atoms with Gasteiger partial charge in [0.1, 0.15) is 5.69 Å². The molecule has 1 aromatic carbocycles. The molecule has 1 aromatic heterocycles. The highest BCUT2D eigenvalue weighted by Crippen LogP contribution is 2.26. The number of carbonyl (C=O) groups is 2. The molecule has 10 heteroatoms. The topological polar surface area (TPSA) is 96.0 Å². The Hall–Kier alpha value is -2.53. The average Bonchev–Trinajstić information content (AvgIpc) is 3.55. The first-order chi connectivity index (χ1) is 17.0. The highest BCUT2D eigenvalue weighted by atomic mass is 32.1. The SMILES string of the molecule is CC[C@@H](C)NC(=O)c1cc(CN2CCOCC2)ccc1NC(=O)c1csc(N2CC[C@H](OC)C2)n1. The third kappa shape index (κ3) is 6.58. The largest absolute Gasteiger partial charge is 0.380 e. The molecule has 2 fully saturated rings. The number of benzene rings is 1. The van der Waals surface area contributed by atoms with Crippen molar-refractivity contribution in [1.29, 1.82) is 0 Å². The molecule has 35 heavy (non-hydrogen) atoms. The van der Waals surface area contributed by atoms with Crippen LogP contribution in [0.25, 0.3) is 0 Å². The van der Waals surface area contributed by atoms with Crippen molar-refractivity contribution in [3.8, 4) is 0 Å². The molecule has 3 heterocycles. The van der Waals surface area contributed by atoms with Crippen molar-refractivity contribution in [2.75, 3.05) is 56.7 Å². The zero-order chi connectivity index (χ0) is 24.8. The Labute approximate surface area is 210 Å². The molecular formula is C25H35N5O4S. The van der Waals surface area contributed by atoms with Gasteiger partial charge in [-0.25, -0.2) is 4.98 Å². The Kier molecular flexibility index (Phi) is 8.72. The molecule has 0 bridgehead atoms. The van der Waals surface area contributed by atoms with Gasteiger partial charge in [0.2, 0.25) is 0 Å². The van der Waals surface area contributed by atoms with Crippen LogP contribution in [0.3, 0.4) is 0 Å². The van der Waals surface area contributed by atoms with Crippen molar-refractivity contribution in [3.05, 3.63) is 40.4 Å². The van der Waals surface area contributed by atoms with E-state index in [4.69, 9.17) is 9.47 Å². The minimum atomic E-state index is -0.325. The molecule has 2 saturated heterocycles. The number of nitrogens with zero attached hydrogens (tertiary/aromatic N) is 3. The molecule has 2 atom stereocenters. The van der Waals surface area contributed by atoms with Gasteiger partial charge >= 0.3 is 0 Å². The fourth-order valence-electron chi connectivity index (χ4n) is 4.20. The van der Waals surface area contributed by atoms with Gasteiger partial charge in [0.05, 0.1) is 30.6 Å². The monoisotopic (exact) mass is 501 g/mol. The summed E-state index contributed by atoms with van der Waals surface area (Å²) in [4.78, 5) is 35.1. The van der Waals surface area contributed by atoms with Crippen LogP contribution in [0, 0.1) is 0 Å². The van der Waals surface area contributed by atoms with Gasteiger partial charge in [0.15, 0.2) is 5.13 Å². The lowest BCUT2D eigenvalue weighted by Crippen LogP contribution is -2.36.